The first-order valence-corrected chi connectivity index (χ1v) is 10.3. The summed E-state index contributed by atoms with van der Waals surface area (Å²) in [7, 11) is 1.35. The van der Waals surface area contributed by atoms with Crippen LogP contribution >= 0.6 is 0 Å². The van der Waals surface area contributed by atoms with Crippen molar-refractivity contribution in [1.82, 2.24) is 0 Å². The zero-order valence-electron chi connectivity index (χ0n) is 17.0. The van der Waals surface area contributed by atoms with Gasteiger partial charge in [-0.25, -0.2) is 0 Å². The summed E-state index contributed by atoms with van der Waals surface area (Å²) in [6, 6.07) is 22.7. The maximum Gasteiger partial charge on any atom is 0.325 e. The number of anilines is 2. The lowest BCUT2D eigenvalue weighted by Gasteiger charge is -2.40. The first kappa shape index (κ1) is 18.7. The molecule has 0 N–H and O–H groups in total. The zero-order valence-corrected chi connectivity index (χ0v) is 17.0. The molecule has 3 aromatic carbocycles. The number of methoxy groups -OCH3 is 1. The monoisotopic (exact) mass is 400 g/mol. The largest absolute Gasteiger partial charge is 0.468 e. The topological polar surface area (TPSA) is 49.9 Å². The molecule has 2 aliphatic heterocycles. The van der Waals surface area contributed by atoms with Crippen LogP contribution in [0.5, 0.6) is 0 Å². The first-order chi connectivity index (χ1) is 14.6. The second-order valence-electron chi connectivity index (χ2n) is 8.05. The number of hydrogen-bond donors (Lipinski definition) is 0. The third kappa shape index (κ3) is 2.76. The van der Waals surface area contributed by atoms with E-state index >= 15 is 0 Å². The summed E-state index contributed by atoms with van der Waals surface area (Å²) in [5.41, 5.74) is 2.53. The standard InChI is InChI=1S/C25H24N2O3/c1-30-23(28)17-27-22-11-5-4-10-20(22)25(24(27)29)13-15-26(16-14-25)21-12-6-8-18-7-2-3-9-19(18)21/h2-12H,13-17H2,1H3. The fourth-order valence-corrected chi connectivity index (χ4v) is 5.04. The van der Waals surface area contributed by atoms with Gasteiger partial charge in [-0.3, -0.25) is 9.59 Å². The van der Waals surface area contributed by atoms with Crippen LogP contribution in [0.2, 0.25) is 0 Å². The third-order valence-corrected chi connectivity index (χ3v) is 6.60. The van der Waals surface area contributed by atoms with E-state index in [2.05, 4.69) is 47.4 Å². The predicted octanol–water partition coefficient (Wildman–Crippen LogP) is 3.90. The minimum absolute atomic E-state index is 0.0201. The van der Waals surface area contributed by atoms with E-state index in [1.807, 2.05) is 24.3 Å². The van der Waals surface area contributed by atoms with E-state index in [-0.39, 0.29) is 12.5 Å². The summed E-state index contributed by atoms with van der Waals surface area (Å²) in [5, 5.41) is 2.46. The Morgan fingerprint density at radius 1 is 0.933 bits per heavy atom. The van der Waals surface area contributed by atoms with E-state index in [4.69, 9.17) is 4.74 Å². The summed E-state index contributed by atoms with van der Waals surface area (Å²) in [6.07, 6.45) is 1.45. The molecule has 1 spiro atoms. The van der Waals surface area contributed by atoms with Crippen LogP contribution in [0.3, 0.4) is 0 Å². The lowest BCUT2D eigenvalue weighted by Crippen LogP contribution is -2.49. The summed E-state index contributed by atoms with van der Waals surface area (Å²) in [6.45, 7) is 1.54. The molecule has 152 valence electrons. The Labute approximate surface area is 175 Å². The van der Waals surface area contributed by atoms with Gasteiger partial charge in [0.1, 0.15) is 6.54 Å². The summed E-state index contributed by atoms with van der Waals surface area (Å²) in [5.74, 6) is -0.380. The van der Waals surface area contributed by atoms with Gasteiger partial charge in [0, 0.05) is 29.9 Å². The number of ether oxygens (including phenoxy) is 1. The van der Waals surface area contributed by atoms with Gasteiger partial charge >= 0.3 is 5.97 Å². The molecular weight excluding hydrogens is 376 g/mol. The zero-order chi connectivity index (χ0) is 20.7. The van der Waals surface area contributed by atoms with E-state index < -0.39 is 11.4 Å². The number of rotatable bonds is 3. The van der Waals surface area contributed by atoms with Crippen LogP contribution in [0, 0.1) is 0 Å². The molecule has 2 heterocycles. The molecule has 3 aromatic rings. The number of carbonyl (C=O) groups is 2. The van der Waals surface area contributed by atoms with E-state index in [0.717, 1.165) is 37.2 Å². The van der Waals surface area contributed by atoms with Gasteiger partial charge in [0.2, 0.25) is 5.91 Å². The Morgan fingerprint density at radius 3 is 2.40 bits per heavy atom. The van der Waals surface area contributed by atoms with Crippen LogP contribution in [-0.4, -0.2) is 38.6 Å². The molecule has 0 aromatic heterocycles. The van der Waals surface area contributed by atoms with Gasteiger partial charge in [0.25, 0.3) is 0 Å². The maximum absolute atomic E-state index is 13.5. The summed E-state index contributed by atoms with van der Waals surface area (Å²) < 4.78 is 4.83. The van der Waals surface area contributed by atoms with E-state index in [1.54, 1.807) is 4.90 Å². The highest BCUT2D eigenvalue weighted by atomic mass is 16.5. The summed E-state index contributed by atoms with van der Waals surface area (Å²) in [4.78, 5) is 29.5. The van der Waals surface area contributed by atoms with Crippen molar-refractivity contribution in [1.29, 1.82) is 0 Å². The first-order valence-electron chi connectivity index (χ1n) is 10.3. The quantitative estimate of drug-likeness (QED) is 0.626. The van der Waals surface area contributed by atoms with Crippen LogP contribution in [0.25, 0.3) is 10.8 Å². The number of esters is 1. The number of benzene rings is 3. The summed E-state index contributed by atoms with van der Waals surface area (Å²) >= 11 is 0. The molecule has 0 atom stereocenters. The van der Waals surface area contributed by atoms with Crippen LogP contribution in [0.1, 0.15) is 18.4 Å². The Kier molecular flexibility index (Phi) is 4.46. The molecule has 1 saturated heterocycles. The van der Waals surface area contributed by atoms with E-state index in [9.17, 15) is 9.59 Å². The highest BCUT2D eigenvalue weighted by Crippen LogP contribution is 2.48. The van der Waals surface area contributed by atoms with E-state index in [0.29, 0.717) is 0 Å². The van der Waals surface area contributed by atoms with Crippen LogP contribution < -0.4 is 9.80 Å². The van der Waals surface area contributed by atoms with Gasteiger partial charge in [-0.2, -0.15) is 0 Å². The molecule has 0 bridgehead atoms. The average molecular weight is 400 g/mol. The Balaban J connectivity index is 1.46. The van der Waals surface area contributed by atoms with Gasteiger partial charge in [0.15, 0.2) is 0 Å². The number of fused-ring (bicyclic) bond motifs is 3. The number of nitrogens with zero attached hydrogens (tertiary/aromatic N) is 2. The molecule has 1 fully saturated rings. The molecule has 0 aliphatic carbocycles. The Hall–Kier alpha value is -3.34. The fraction of sp³-hybridized carbons (Fsp3) is 0.280. The van der Waals surface area contributed by atoms with Crippen molar-refractivity contribution < 1.29 is 14.3 Å². The smallest absolute Gasteiger partial charge is 0.325 e. The van der Waals surface area contributed by atoms with Crippen molar-refractivity contribution in [2.75, 3.05) is 36.5 Å². The van der Waals surface area contributed by atoms with Crippen LogP contribution in [0.15, 0.2) is 66.7 Å². The van der Waals surface area contributed by atoms with Crippen molar-refractivity contribution in [2.45, 2.75) is 18.3 Å². The molecule has 5 heteroatoms. The fourth-order valence-electron chi connectivity index (χ4n) is 5.04. The number of hydrogen-bond acceptors (Lipinski definition) is 4. The minimum Gasteiger partial charge on any atom is -0.468 e. The molecule has 0 unspecified atom stereocenters. The van der Waals surface area contributed by atoms with Crippen LogP contribution in [-0.2, 0) is 19.7 Å². The molecule has 0 saturated carbocycles. The van der Waals surface area contributed by atoms with Crippen molar-refractivity contribution >= 4 is 34.0 Å². The van der Waals surface area contributed by atoms with Gasteiger partial charge in [-0.05, 0) is 35.9 Å². The number of piperidine rings is 1. The third-order valence-electron chi connectivity index (χ3n) is 6.60. The van der Waals surface area contributed by atoms with E-state index in [1.165, 1.54) is 23.6 Å². The van der Waals surface area contributed by atoms with Gasteiger partial charge in [0.05, 0.1) is 12.5 Å². The maximum atomic E-state index is 13.5. The van der Waals surface area contributed by atoms with Crippen molar-refractivity contribution in [2.24, 2.45) is 0 Å². The highest BCUT2D eigenvalue weighted by molar-refractivity contribution is 6.10. The molecule has 5 nitrogen and oxygen atoms in total. The number of amides is 1. The van der Waals surface area contributed by atoms with Crippen molar-refractivity contribution in [3.8, 4) is 0 Å². The second-order valence-corrected chi connectivity index (χ2v) is 8.05. The van der Waals surface area contributed by atoms with Gasteiger partial charge in [-0.1, -0.05) is 54.6 Å². The molecule has 5 rings (SSSR count). The molecule has 2 aliphatic rings. The lowest BCUT2D eigenvalue weighted by molar-refractivity contribution is -0.140. The minimum atomic E-state index is -0.564. The molecular formula is C25H24N2O3. The Morgan fingerprint density at radius 2 is 1.60 bits per heavy atom. The Bertz CT molecular complexity index is 1130. The van der Waals surface area contributed by atoms with Crippen LogP contribution in [0.4, 0.5) is 11.4 Å². The number of carbonyl (C=O) groups excluding carboxylic acids is 2. The van der Waals surface area contributed by atoms with Gasteiger partial charge in [-0.15, -0.1) is 0 Å². The lowest BCUT2D eigenvalue weighted by atomic mass is 9.73. The normalized spacial score (nSPS) is 17.4. The SMILES string of the molecule is COC(=O)CN1C(=O)C2(CCN(c3cccc4ccccc34)CC2)c2ccccc21. The predicted molar refractivity (Wildman–Crippen MR) is 118 cm³/mol. The highest BCUT2D eigenvalue weighted by Gasteiger charge is 2.52. The average Bonchev–Trinajstić information content (AvgIpc) is 3.02. The number of para-hydroxylation sites is 1. The van der Waals surface area contributed by atoms with Crippen molar-refractivity contribution in [3.05, 3.63) is 72.3 Å². The molecule has 1 amide bonds. The molecule has 30 heavy (non-hydrogen) atoms. The van der Waals surface area contributed by atoms with Gasteiger partial charge < -0.3 is 14.5 Å². The second kappa shape index (κ2) is 7.17. The van der Waals surface area contributed by atoms with Crippen molar-refractivity contribution in [3.63, 3.8) is 0 Å². The molecule has 0 radical (unpaired) electrons.